The Labute approximate surface area is 238 Å². The topological polar surface area (TPSA) is 83.3 Å². The fourth-order valence-electron chi connectivity index (χ4n) is 5.12. The number of halogens is 2. The van der Waals surface area contributed by atoms with Crippen LogP contribution in [-0.2, 0) is 6.42 Å². The average molecular weight is 554 g/mol. The van der Waals surface area contributed by atoms with Gasteiger partial charge in [0, 0.05) is 53.8 Å². The molecule has 1 aromatic heterocycles. The first kappa shape index (κ1) is 32.8. The monoisotopic (exact) mass is 553 g/mol. The minimum Gasteiger partial charge on any atom is -0.388 e. The third-order valence-corrected chi connectivity index (χ3v) is 7.52. The van der Waals surface area contributed by atoms with Crippen LogP contribution in [0.4, 0.5) is 14.5 Å². The van der Waals surface area contributed by atoms with E-state index in [9.17, 15) is 13.6 Å². The van der Waals surface area contributed by atoms with Gasteiger partial charge in [-0.15, -0.1) is 0 Å². The molecule has 4 rings (SSSR count). The number of allylic oxidation sites excluding steroid dienone is 3. The van der Waals surface area contributed by atoms with E-state index in [4.69, 9.17) is 0 Å². The number of anilines is 1. The van der Waals surface area contributed by atoms with Gasteiger partial charge in [0.05, 0.1) is 18.3 Å². The number of aldehydes is 1. The Hall–Kier alpha value is -3.36. The average Bonchev–Trinajstić information content (AvgIpc) is 3.36. The molecule has 218 valence electrons. The maximum atomic E-state index is 13.5. The number of hydrogen-bond donors (Lipinski definition) is 3. The van der Waals surface area contributed by atoms with Crippen molar-refractivity contribution in [1.29, 1.82) is 0 Å². The molecule has 1 aliphatic carbocycles. The number of rotatable bonds is 9. The molecule has 1 saturated carbocycles. The van der Waals surface area contributed by atoms with Gasteiger partial charge < -0.3 is 21.3 Å². The van der Waals surface area contributed by atoms with Gasteiger partial charge in [-0.05, 0) is 63.6 Å². The van der Waals surface area contributed by atoms with Crippen molar-refractivity contribution < 1.29 is 13.6 Å². The second-order valence-electron chi connectivity index (χ2n) is 10.3. The molecular weight excluding hydrogens is 508 g/mol. The van der Waals surface area contributed by atoms with Gasteiger partial charge in [0.25, 0.3) is 0 Å². The summed E-state index contributed by atoms with van der Waals surface area (Å²) in [6.45, 7) is 16.4. The molecule has 0 radical (unpaired) electrons. The Bertz CT molecular complexity index is 1190. The van der Waals surface area contributed by atoms with Gasteiger partial charge in [-0.3, -0.25) is 9.78 Å². The highest BCUT2D eigenvalue weighted by molar-refractivity contribution is 5.85. The highest BCUT2D eigenvalue weighted by atomic mass is 19.1. The molecule has 1 aliphatic heterocycles. The van der Waals surface area contributed by atoms with Crippen LogP contribution in [-0.4, -0.2) is 68.3 Å². The first-order chi connectivity index (χ1) is 19.1. The van der Waals surface area contributed by atoms with Gasteiger partial charge in [-0.2, -0.15) is 0 Å². The van der Waals surface area contributed by atoms with Crippen molar-refractivity contribution in [1.82, 2.24) is 15.2 Å². The van der Waals surface area contributed by atoms with Crippen molar-refractivity contribution in [2.24, 2.45) is 11.7 Å². The molecule has 0 amide bonds. The van der Waals surface area contributed by atoms with E-state index >= 15 is 0 Å². The lowest BCUT2D eigenvalue weighted by atomic mass is 9.72. The van der Waals surface area contributed by atoms with E-state index in [2.05, 4.69) is 41.1 Å². The quantitative estimate of drug-likeness (QED) is 0.268. The van der Waals surface area contributed by atoms with Crippen LogP contribution >= 0.6 is 0 Å². The zero-order chi connectivity index (χ0) is 30.0. The SMILES string of the molecule is C=C(C1CC(C)(F)C1)N1CC(F)C(NC)C1.C=CC(=C)c1ccc(-c2cnc(CC)c(C=O)c2)cc1NC.CN. The number of alkyl halides is 2. The molecule has 40 heavy (non-hydrogen) atoms. The molecule has 4 N–H and O–H groups in total. The highest BCUT2D eigenvalue weighted by Gasteiger charge is 2.44. The minimum atomic E-state index is -1.04. The van der Waals surface area contributed by atoms with E-state index in [1.165, 1.54) is 7.05 Å². The molecule has 2 fully saturated rings. The molecule has 6 nitrogen and oxygen atoms in total. The van der Waals surface area contributed by atoms with E-state index in [1.807, 2.05) is 49.3 Å². The fourth-order valence-corrected chi connectivity index (χ4v) is 5.12. The normalized spacial score (nSPS) is 23.0. The predicted molar refractivity (Wildman–Crippen MR) is 164 cm³/mol. The summed E-state index contributed by atoms with van der Waals surface area (Å²) in [4.78, 5) is 17.6. The number of hydrogen-bond acceptors (Lipinski definition) is 6. The first-order valence-electron chi connectivity index (χ1n) is 13.7. The molecule has 1 saturated heterocycles. The Balaban J connectivity index is 0.000000275. The van der Waals surface area contributed by atoms with E-state index in [-0.39, 0.29) is 12.0 Å². The number of aromatic nitrogens is 1. The number of carbonyl (C=O) groups is 1. The number of carbonyl (C=O) groups excluding carboxylic acids is 1. The molecule has 2 aliphatic rings. The largest absolute Gasteiger partial charge is 0.388 e. The number of nitrogens with one attached hydrogen (secondary N) is 2. The summed E-state index contributed by atoms with van der Waals surface area (Å²) in [5.74, 6) is 0.206. The molecule has 2 atom stereocenters. The van der Waals surface area contributed by atoms with Crippen LogP contribution in [0.1, 0.15) is 48.3 Å². The van der Waals surface area contributed by atoms with Crippen LogP contribution in [0.3, 0.4) is 0 Å². The first-order valence-corrected chi connectivity index (χ1v) is 13.7. The number of benzene rings is 1. The number of pyridine rings is 1. The van der Waals surface area contributed by atoms with Crippen LogP contribution in [0.2, 0.25) is 0 Å². The minimum absolute atomic E-state index is 0.117. The summed E-state index contributed by atoms with van der Waals surface area (Å²) in [6, 6.07) is 7.80. The number of aryl methyl sites for hydroxylation is 1. The summed E-state index contributed by atoms with van der Waals surface area (Å²) in [6.07, 6.45) is 5.36. The van der Waals surface area contributed by atoms with Crippen molar-refractivity contribution in [3.63, 3.8) is 0 Å². The van der Waals surface area contributed by atoms with Gasteiger partial charge in [0.1, 0.15) is 11.8 Å². The molecule has 1 aromatic carbocycles. The number of nitrogens with two attached hydrogens (primary N) is 1. The summed E-state index contributed by atoms with van der Waals surface area (Å²) in [7, 11) is 5.14. The predicted octanol–water partition coefficient (Wildman–Crippen LogP) is 5.82. The van der Waals surface area contributed by atoms with Crippen LogP contribution in [0.15, 0.2) is 62.0 Å². The highest BCUT2D eigenvalue weighted by Crippen LogP contribution is 2.45. The Morgan fingerprint density at radius 3 is 2.38 bits per heavy atom. The molecule has 0 spiro atoms. The summed E-state index contributed by atoms with van der Waals surface area (Å²) < 4.78 is 26.9. The second kappa shape index (κ2) is 14.9. The van der Waals surface area contributed by atoms with E-state index < -0.39 is 11.8 Å². The van der Waals surface area contributed by atoms with Crippen molar-refractivity contribution >= 4 is 17.5 Å². The Morgan fingerprint density at radius 1 is 1.20 bits per heavy atom. The van der Waals surface area contributed by atoms with Gasteiger partial charge in [0.15, 0.2) is 6.29 Å². The zero-order valence-corrected chi connectivity index (χ0v) is 24.6. The maximum absolute atomic E-state index is 13.5. The zero-order valence-electron chi connectivity index (χ0n) is 24.6. The van der Waals surface area contributed by atoms with Crippen LogP contribution in [0, 0.1) is 5.92 Å². The third-order valence-electron chi connectivity index (χ3n) is 7.52. The van der Waals surface area contributed by atoms with Crippen LogP contribution in [0.25, 0.3) is 16.7 Å². The standard InChI is InChI=1S/C19H20N2O.C12H20F2N2.CH5N/c1-5-13(3)17-8-7-14(10-19(17)20-4)15-9-16(12-22)18(6-2)21-11-15;1-8(9-4-12(2,14)5-9)16-6-10(13)11(7-16)15-3;1-2/h5,7-12,20H,1,3,6H2,2,4H3;9-11,15H,1,4-7H2,2-3H3;2H2,1H3. The number of likely N-dealkylation sites (N-methyl/N-ethyl adjacent to an activating group) is 1. The molecule has 8 heteroatoms. The fraction of sp³-hybridized carbons (Fsp3) is 0.438. The molecule has 0 bridgehead atoms. The second-order valence-corrected chi connectivity index (χ2v) is 10.3. The Kier molecular flexibility index (Phi) is 12.2. The molecule has 2 heterocycles. The van der Waals surface area contributed by atoms with Gasteiger partial charge >= 0.3 is 0 Å². The Morgan fingerprint density at radius 2 is 1.88 bits per heavy atom. The third kappa shape index (κ3) is 7.86. The van der Waals surface area contributed by atoms with Crippen LogP contribution < -0.4 is 16.4 Å². The summed E-state index contributed by atoms with van der Waals surface area (Å²) in [5.41, 5.74) is 10.6. The van der Waals surface area contributed by atoms with Gasteiger partial charge in [-0.1, -0.05) is 44.9 Å². The van der Waals surface area contributed by atoms with E-state index in [1.54, 1.807) is 20.0 Å². The van der Waals surface area contributed by atoms with E-state index in [0.717, 1.165) is 52.0 Å². The number of nitrogens with zero attached hydrogens (tertiary/aromatic N) is 2. The number of likely N-dealkylation sites (tertiary alicyclic amines) is 1. The van der Waals surface area contributed by atoms with Gasteiger partial charge in [0.2, 0.25) is 0 Å². The molecule has 2 unspecified atom stereocenters. The van der Waals surface area contributed by atoms with Crippen molar-refractivity contribution in [2.75, 3.05) is 39.5 Å². The van der Waals surface area contributed by atoms with Crippen molar-refractivity contribution in [2.45, 2.75) is 51.0 Å². The van der Waals surface area contributed by atoms with Crippen LogP contribution in [0.5, 0.6) is 0 Å². The van der Waals surface area contributed by atoms with Crippen molar-refractivity contribution in [3.8, 4) is 11.1 Å². The summed E-state index contributed by atoms with van der Waals surface area (Å²) in [5, 5.41) is 6.13. The van der Waals surface area contributed by atoms with Gasteiger partial charge in [-0.25, -0.2) is 8.78 Å². The lowest BCUT2D eigenvalue weighted by Gasteiger charge is -2.42. The van der Waals surface area contributed by atoms with E-state index in [0.29, 0.717) is 31.5 Å². The smallest absolute Gasteiger partial charge is 0.151 e. The maximum Gasteiger partial charge on any atom is 0.151 e. The summed E-state index contributed by atoms with van der Waals surface area (Å²) >= 11 is 0. The molecular formula is C32H45F2N5O. The lowest BCUT2D eigenvalue weighted by Crippen LogP contribution is -2.41. The van der Waals surface area contributed by atoms with Crippen molar-refractivity contribution in [3.05, 3.63) is 78.8 Å². The lowest BCUT2D eigenvalue weighted by molar-refractivity contribution is 0.0307. The molecule has 2 aromatic rings.